The van der Waals surface area contributed by atoms with Crippen molar-refractivity contribution in [2.24, 2.45) is 7.05 Å². The number of thiophene rings is 1. The van der Waals surface area contributed by atoms with Crippen LogP contribution in [0.3, 0.4) is 0 Å². The number of anilines is 4. The van der Waals surface area contributed by atoms with Crippen LogP contribution in [0.1, 0.15) is 16.2 Å². The topological polar surface area (TPSA) is 111 Å². The molecule has 0 aliphatic heterocycles. The Kier molecular flexibility index (Phi) is 4.85. The van der Waals surface area contributed by atoms with Crippen LogP contribution in [0.4, 0.5) is 23.3 Å². The molecular formula is C26H21N7OS. The Morgan fingerprint density at radius 3 is 2.71 bits per heavy atom. The van der Waals surface area contributed by atoms with Crippen molar-refractivity contribution >= 4 is 72.4 Å². The number of hydrogen-bond donors (Lipinski definition) is 3. The second kappa shape index (κ2) is 8.07. The molecule has 0 aliphatic rings. The van der Waals surface area contributed by atoms with Crippen LogP contribution in [0.2, 0.25) is 0 Å². The number of carbonyl (C=O) groups is 1. The summed E-state index contributed by atoms with van der Waals surface area (Å²) in [7, 11) is 2.00. The molecule has 0 atom stereocenters. The van der Waals surface area contributed by atoms with Crippen molar-refractivity contribution in [2.75, 3.05) is 16.4 Å². The van der Waals surface area contributed by atoms with E-state index in [1.807, 2.05) is 55.7 Å². The van der Waals surface area contributed by atoms with Gasteiger partial charge in [0, 0.05) is 23.3 Å². The first-order valence-electron chi connectivity index (χ1n) is 11.0. The van der Waals surface area contributed by atoms with Gasteiger partial charge in [0.05, 0.1) is 10.2 Å². The average Bonchev–Trinajstić information content (AvgIpc) is 3.44. The number of nitrogens with two attached hydrogens (primary N) is 1. The van der Waals surface area contributed by atoms with Gasteiger partial charge in [-0.1, -0.05) is 42.0 Å². The zero-order valence-corrected chi connectivity index (χ0v) is 19.9. The molecule has 0 saturated carbocycles. The van der Waals surface area contributed by atoms with Crippen LogP contribution < -0.4 is 16.4 Å². The lowest BCUT2D eigenvalue weighted by molar-refractivity contribution is 0.101. The summed E-state index contributed by atoms with van der Waals surface area (Å²) in [6.45, 7) is 2.03. The fourth-order valence-electron chi connectivity index (χ4n) is 4.23. The predicted molar refractivity (Wildman–Crippen MR) is 142 cm³/mol. The molecule has 0 radical (unpaired) electrons. The van der Waals surface area contributed by atoms with Gasteiger partial charge >= 0.3 is 0 Å². The molecule has 4 N–H and O–H groups in total. The Bertz CT molecular complexity index is 1770. The van der Waals surface area contributed by atoms with Crippen molar-refractivity contribution in [3.63, 3.8) is 0 Å². The fraction of sp³-hybridized carbons (Fsp3) is 0.0769. The summed E-state index contributed by atoms with van der Waals surface area (Å²) < 4.78 is 2.84. The molecule has 9 heteroatoms. The highest BCUT2D eigenvalue weighted by Gasteiger charge is 2.17. The van der Waals surface area contributed by atoms with Crippen molar-refractivity contribution in [1.29, 1.82) is 0 Å². The minimum atomic E-state index is -0.471. The molecule has 4 aromatic heterocycles. The molecule has 172 valence electrons. The number of nitrogens with zero attached hydrogens (tertiary/aromatic N) is 4. The summed E-state index contributed by atoms with van der Waals surface area (Å²) in [6, 6.07) is 20.0. The normalized spacial score (nSPS) is 11.4. The number of pyridine rings is 1. The van der Waals surface area contributed by atoms with E-state index in [1.165, 1.54) is 11.3 Å². The van der Waals surface area contributed by atoms with Crippen molar-refractivity contribution in [3.8, 4) is 0 Å². The van der Waals surface area contributed by atoms with Crippen LogP contribution in [0, 0.1) is 6.92 Å². The zero-order chi connectivity index (χ0) is 24.1. The first kappa shape index (κ1) is 21.1. The number of amides is 1. The average molecular weight is 480 g/mol. The second-order valence-corrected chi connectivity index (χ2v) is 9.29. The maximum absolute atomic E-state index is 13.1. The summed E-state index contributed by atoms with van der Waals surface area (Å²) in [5.74, 6) is 1.74. The molecular weight excluding hydrogens is 458 g/mol. The molecule has 0 unspecified atom stereocenters. The van der Waals surface area contributed by atoms with Gasteiger partial charge in [-0.25, -0.2) is 15.0 Å². The third kappa shape index (κ3) is 3.71. The zero-order valence-electron chi connectivity index (χ0n) is 19.0. The molecule has 6 aromatic rings. The van der Waals surface area contributed by atoms with Gasteiger partial charge < -0.3 is 20.9 Å². The molecule has 0 fully saturated rings. The lowest BCUT2D eigenvalue weighted by Gasteiger charge is -2.13. The van der Waals surface area contributed by atoms with Crippen LogP contribution in [-0.4, -0.2) is 25.4 Å². The number of nitrogens with one attached hydrogen (secondary N) is 2. The van der Waals surface area contributed by atoms with Crippen molar-refractivity contribution in [2.45, 2.75) is 6.92 Å². The quantitative estimate of drug-likeness (QED) is 0.303. The van der Waals surface area contributed by atoms with Crippen LogP contribution in [-0.2, 0) is 7.05 Å². The minimum Gasteiger partial charge on any atom is -0.382 e. The van der Waals surface area contributed by atoms with Crippen LogP contribution in [0.15, 0.2) is 66.0 Å². The molecule has 35 heavy (non-hydrogen) atoms. The number of carbonyl (C=O) groups excluding carboxylic acids is 1. The molecule has 0 saturated heterocycles. The number of fused-ring (bicyclic) bond motifs is 3. The van der Waals surface area contributed by atoms with Gasteiger partial charge in [0.2, 0.25) is 5.82 Å². The van der Waals surface area contributed by atoms with Gasteiger partial charge in [0.1, 0.15) is 23.3 Å². The Morgan fingerprint density at radius 1 is 1.00 bits per heavy atom. The summed E-state index contributed by atoms with van der Waals surface area (Å²) in [5, 5.41) is 11.1. The van der Waals surface area contributed by atoms with E-state index in [1.54, 1.807) is 0 Å². The lowest BCUT2D eigenvalue weighted by Crippen LogP contribution is -2.18. The third-order valence-electron chi connectivity index (χ3n) is 5.96. The third-order valence-corrected chi connectivity index (χ3v) is 6.89. The standard InChI is InChI=1S/C26H21N7OS/c1-14-7-8-17-16(11-14)12-20(29-21-13-15-5-3-4-6-19(15)33(21)2)30-24(17)32-26(34)25-28-18-9-10-35-22(18)23(27)31-25/h3-13H,1-2H3,(H2,27,28,31)(H2,29,30,32,34). The molecule has 2 aromatic carbocycles. The Labute approximate surface area is 204 Å². The first-order chi connectivity index (χ1) is 17.0. The van der Waals surface area contributed by atoms with E-state index in [-0.39, 0.29) is 11.6 Å². The van der Waals surface area contributed by atoms with E-state index in [0.717, 1.165) is 37.8 Å². The number of para-hydroxylation sites is 1. The van der Waals surface area contributed by atoms with Gasteiger partial charge in [-0.15, -0.1) is 11.3 Å². The van der Waals surface area contributed by atoms with Gasteiger partial charge in [-0.05, 0) is 42.0 Å². The Balaban J connectivity index is 1.41. The molecule has 0 spiro atoms. The van der Waals surface area contributed by atoms with Crippen molar-refractivity contribution in [1.82, 2.24) is 19.5 Å². The summed E-state index contributed by atoms with van der Waals surface area (Å²) in [5.41, 5.74) is 8.91. The maximum Gasteiger partial charge on any atom is 0.294 e. The summed E-state index contributed by atoms with van der Waals surface area (Å²) >= 11 is 1.44. The number of rotatable bonds is 4. The highest BCUT2D eigenvalue weighted by atomic mass is 32.1. The first-order valence-corrected chi connectivity index (χ1v) is 11.9. The van der Waals surface area contributed by atoms with Gasteiger partial charge in [0.15, 0.2) is 0 Å². The van der Waals surface area contributed by atoms with Gasteiger partial charge in [0.25, 0.3) is 5.91 Å². The molecule has 0 bridgehead atoms. The maximum atomic E-state index is 13.1. The van der Waals surface area contributed by atoms with Gasteiger partial charge in [-0.3, -0.25) is 4.79 Å². The largest absolute Gasteiger partial charge is 0.382 e. The van der Waals surface area contributed by atoms with E-state index >= 15 is 0 Å². The minimum absolute atomic E-state index is 0.00232. The number of benzene rings is 2. The van der Waals surface area contributed by atoms with Gasteiger partial charge in [-0.2, -0.15) is 0 Å². The Hall–Kier alpha value is -4.50. The predicted octanol–water partition coefficient (Wildman–Crippen LogP) is 5.62. The van der Waals surface area contributed by atoms with E-state index in [9.17, 15) is 4.79 Å². The fourth-order valence-corrected chi connectivity index (χ4v) is 4.96. The molecule has 6 rings (SSSR count). The van der Waals surface area contributed by atoms with Crippen LogP contribution in [0.5, 0.6) is 0 Å². The summed E-state index contributed by atoms with van der Waals surface area (Å²) in [6.07, 6.45) is 0. The van der Waals surface area contributed by atoms with Crippen LogP contribution >= 0.6 is 11.3 Å². The molecule has 0 aliphatic carbocycles. The molecule has 4 heterocycles. The highest BCUT2D eigenvalue weighted by Crippen LogP contribution is 2.30. The Morgan fingerprint density at radius 2 is 1.86 bits per heavy atom. The molecule has 1 amide bonds. The monoisotopic (exact) mass is 479 g/mol. The molecule has 8 nitrogen and oxygen atoms in total. The highest BCUT2D eigenvalue weighted by molar-refractivity contribution is 7.17. The van der Waals surface area contributed by atoms with E-state index in [0.29, 0.717) is 17.2 Å². The van der Waals surface area contributed by atoms with E-state index < -0.39 is 5.91 Å². The van der Waals surface area contributed by atoms with Crippen molar-refractivity contribution < 1.29 is 4.79 Å². The second-order valence-electron chi connectivity index (χ2n) is 8.37. The lowest BCUT2D eigenvalue weighted by atomic mass is 10.1. The number of aromatic nitrogens is 4. The smallest absolute Gasteiger partial charge is 0.294 e. The number of nitrogen functional groups attached to an aromatic ring is 1. The summed E-state index contributed by atoms with van der Waals surface area (Å²) in [4.78, 5) is 26.4. The number of aryl methyl sites for hydroxylation is 2. The number of hydrogen-bond acceptors (Lipinski definition) is 7. The van der Waals surface area contributed by atoms with Crippen LogP contribution in [0.25, 0.3) is 31.9 Å². The van der Waals surface area contributed by atoms with Crippen molar-refractivity contribution in [3.05, 3.63) is 77.4 Å². The van der Waals surface area contributed by atoms with E-state index in [4.69, 9.17) is 10.7 Å². The SMILES string of the molecule is Cc1ccc2c(NC(=O)c3nc(N)c4sccc4n3)nc(Nc3cc4ccccc4n3C)cc2c1. The van der Waals surface area contributed by atoms with E-state index in [2.05, 4.69) is 49.4 Å².